The van der Waals surface area contributed by atoms with Gasteiger partial charge in [0.2, 0.25) is 5.90 Å². The van der Waals surface area contributed by atoms with Crippen LogP contribution in [-0.4, -0.2) is 17.0 Å². The monoisotopic (exact) mass is 357 g/mol. The summed E-state index contributed by atoms with van der Waals surface area (Å²) < 4.78 is 5.94. The van der Waals surface area contributed by atoms with Crippen LogP contribution in [0.1, 0.15) is 16.7 Å². The molecule has 0 amide bonds. The van der Waals surface area contributed by atoms with Crippen LogP contribution in [0.3, 0.4) is 0 Å². The minimum atomic E-state index is -0.530. The van der Waals surface area contributed by atoms with Crippen LogP contribution >= 0.6 is 15.9 Å². The standard InChI is InChI=1S/C17H12BrNO3/c1-10-2-4-11(5-3-10)16-19-14(17(21)22-16)8-12-6-7-13(18)9-15(12)20/h2-9,20H,1H3/b14-8+. The molecule has 4 nitrogen and oxygen atoms in total. The van der Waals surface area contributed by atoms with Crippen molar-refractivity contribution in [3.05, 3.63) is 69.3 Å². The molecule has 0 bridgehead atoms. The van der Waals surface area contributed by atoms with E-state index in [-0.39, 0.29) is 17.3 Å². The van der Waals surface area contributed by atoms with Crippen LogP contribution in [0.2, 0.25) is 0 Å². The van der Waals surface area contributed by atoms with Crippen molar-refractivity contribution in [3.63, 3.8) is 0 Å². The number of cyclic esters (lactones) is 1. The van der Waals surface area contributed by atoms with Crippen LogP contribution in [0, 0.1) is 6.92 Å². The molecule has 5 heteroatoms. The number of esters is 1. The Balaban J connectivity index is 1.95. The van der Waals surface area contributed by atoms with E-state index >= 15 is 0 Å². The number of halogens is 1. The van der Waals surface area contributed by atoms with Crippen LogP contribution in [0.25, 0.3) is 6.08 Å². The van der Waals surface area contributed by atoms with E-state index in [2.05, 4.69) is 20.9 Å². The second-order valence-corrected chi connectivity index (χ2v) is 5.82. The second kappa shape index (κ2) is 5.77. The van der Waals surface area contributed by atoms with Gasteiger partial charge in [-0.2, -0.15) is 0 Å². The van der Waals surface area contributed by atoms with Crippen LogP contribution in [0.15, 0.2) is 57.6 Å². The Morgan fingerprint density at radius 2 is 1.91 bits per heavy atom. The summed E-state index contributed by atoms with van der Waals surface area (Å²) in [6, 6.07) is 12.6. The van der Waals surface area contributed by atoms with Gasteiger partial charge in [0.1, 0.15) is 5.75 Å². The molecule has 0 atom stereocenters. The lowest BCUT2D eigenvalue weighted by Crippen LogP contribution is -2.05. The number of benzene rings is 2. The molecule has 0 fully saturated rings. The summed E-state index contributed by atoms with van der Waals surface area (Å²) in [7, 11) is 0. The number of hydrogen-bond donors (Lipinski definition) is 1. The first-order valence-electron chi connectivity index (χ1n) is 6.61. The third-order valence-corrected chi connectivity index (χ3v) is 3.70. The number of hydrogen-bond acceptors (Lipinski definition) is 4. The molecule has 0 saturated carbocycles. The molecule has 1 N–H and O–H groups in total. The van der Waals surface area contributed by atoms with E-state index in [1.165, 1.54) is 6.08 Å². The molecule has 1 aliphatic heterocycles. The molecule has 0 unspecified atom stereocenters. The summed E-state index contributed by atoms with van der Waals surface area (Å²) in [6.45, 7) is 1.98. The van der Waals surface area contributed by atoms with Crippen molar-refractivity contribution in [2.75, 3.05) is 0 Å². The highest BCUT2D eigenvalue weighted by atomic mass is 79.9. The Morgan fingerprint density at radius 3 is 2.59 bits per heavy atom. The topological polar surface area (TPSA) is 58.9 Å². The van der Waals surface area contributed by atoms with E-state index < -0.39 is 5.97 Å². The van der Waals surface area contributed by atoms with Crippen LogP contribution in [-0.2, 0) is 9.53 Å². The van der Waals surface area contributed by atoms with Gasteiger partial charge in [-0.25, -0.2) is 9.79 Å². The van der Waals surface area contributed by atoms with E-state index in [0.29, 0.717) is 5.56 Å². The quantitative estimate of drug-likeness (QED) is 0.656. The number of aromatic hydroxyl groups is 1. The summed E-state index contributed by atoms with van der Waals surface area (Å²) in [5, 5.41) is 9.88. The number of nitrogens with zero attached hydrogens (tertiary/aromatic N) is 1. The smallest absolute Gasteiger partial charge is 0.363 e. The zero-order valence-electron chi connectivity index (χ0n) is 11.7. The summed E-state index contributed by atoms with van der Waals surface area (Å²) >= 11 is 3.27. The van der Waals surface area contributed by atoms with Crippen molar-refractivity contribution in [1.82, 2.24) is 0 Å². The molecule has 1 aliphatic rings. The largest absolute Gasteiger partial charge is 0.507 e. The molecule has 2 aromatic rings. The lowest BCUT2D eigenvalue weighted by atomic mass is 10.1. The second-order valence-electron chi connectivity index (χ2n) is 4.91. The number of ether oxygens (including phenoxy) is 1. The summed E-state index contributed by atoms with van der Waals surface area (Å²) in [5.74, 6) is -0.195. The number of phenolic OH excluding ortho intramolecular Hbond substituents is 1. The maximum absolute atomic E-state index is 11.9. The van der Waals surface area contributed by atoms with E-state index in [4.69, 9.17) is 4.74 Å². The van der Waals surface area contributed by atoms with E-state index in [1.807, 2.05) is 31.2 Å². The Hall–Kier alpha value is -2.40. The lowest BCUT2D eigenvalue weighted by molar-refractivity contribution is -0.129. The van der Waals surface area contributed by atoms with Gasteiger partial charge in [0.05, 0.1) is 0 Å². The van der Waals surface area contributed by atoms with Gasteiger partial charge in [-0.05, 0) is 37.3 Å². The van der Waals surface area contributed by atoms with Crippen LogP contribution in [0.4, 0.5) is 0 Å². The molecule has 0 radical (unpaired) electrons. The maximum Gasteiger partial charge on any atom is 0.363 e. The molecule has 0 spiro atoms. The highest BCUT2D eigenvalue weighted by Gasteiger charge is 2.24. The Morgan fingerprint density at radius 1 is 1.18 bits per heavy atom. The fourth-order valence-electron chi connectivity index (χ4n) is 2.01. The molecule has 0 saturated heterocycles. The Labute approximate surface area is 135 Å². The zero-order chi connectivity index (χ0) is 15.7. The van der Waals surface area contributed by atoms with Gasteiger partial charge in [-0.15, -0.1) is 0 Å². The van der Waals surface area contributed by atoms with Gasteiger partial charge in [0.15, 0.2) is 5.70 Å². The predicted octanol–water partition coefficient (Wildman–Crippen LogP) is 3.81. The normalized spacial score (nSPS) is 15.8. The SMILES string of the molecule is Cc1ccc(C2=N/C(=C/c3ccc(Br)cc3O)C(=O)O2)cc1. The lowest BCUT2D eigenvalue weighted by Gasteiger charge is -1.99. The molecule has 1 heterocycles. The Bertz CT molecular complexity index is 807. The molecule has 22 heavy (non-hydrogen) atoms. The number of phenols is 1. The van der Waals surface area contributed by atoms with E-state index in [1.54, 1.807) is 18.2 Å². The number of aryl methyl sites for hydroxylation is 1. The summed E-state index contributed by atoms with van der Waals surface area (Å²) in [4.78, 5) is 16.1. The van der Waals surface area contributed by atoms with Crippen molar-refractivity contribution in [1.29, 1.82) is 0 Å². The third-order valence-electron chi connectivity index (χ3n) is 3.20. The van der Waals surface area contributed by atoms with Gasteiger partial charge in [-0.3, -0.25) is 0 Å². The average molecular weight is 358 g/mol. The van der Waals surface area contributed by atoms with E-state index in [0.717, 1.165) is 15.6 Å². The van der Waals surface area contributed by atoms with Gasteiger partial charge >= 0.3 is 5.97 Å². The fourth-order valence-corrected chi connectivity index (χ4v) is 2.36. The van der Waals surface area contributed by atoms with Crippen LogP contribution in [0.5, 0.6) is 5.75 Å². The highest BCUT2D eigenvalue weighted by Crippen LogP contribution is 2.26. The maximum atomic E-state index is 11.9. The zero-order valence-corrected chi connectivity index (χ0v) is 13.3. The van der Waals surface area contributed by atoms with Gasteiger partial charge in [-0.1, -0.05) is 39.7 Å². The molecule has 0 aromatic heterocycles. The number of carbonyl (C=O) groups is 1. The van der Waals surface area contributed by atoms with Crippen molar-refractivity contribution >= 4 is 33.9 Å². The fraction of sp³-hybridized carbons (Fsp3) is 0.0588. The average Bonchev–Trinajstić information content (AvgIpc) is 2.84. The van der Waals surface area contributed by atoms with Gasteiger partial charge < -0.3 is 9.84 Å². The van der Waals surface area contributed by atoms with Gasteiger partial charge in [0, 0.05) is 15.6 Å². The van der Waals surface area contributed by atoms with Crippen molar-refractivity contribution in [3.8, 4) is 5.75 Å². The van der Waals surface area contributed by atoms with Gasteiger partial charge in [0.25, 0.3) is 0 Å². The van der Waals surface area contributed by atoms with E-state index in [9.17, 15) is 9.90 Å². The molecular formula is C17H12BrNO3. The molecule has 3 rings (SSSR count). The minimum absolute atomic E-state index is 0.0636. The Kier molecular flexibility index (Phi) is 3.81. The molecular weight excluding hydrogens is 346 g/mol. The minimum Gasteiger partial charge on any atom is -0.507 e. The summed E-state index contributed by atoms with van der Waals surface area (Å²) in [6.07, 6.45) is 1.51. The van der Waals surface area contributed by atoms with Crippen molar-refractivity contribution in [2.45, 2.75) is 6.92 Å². The molecule has 0 aliphatic carbocycles. The first kappa shape index (κ1) is 14.5. The first-order valence-corrected chi connectivity index (χ1v) is 7.40. The highest BCUT2D eigenvalue weighted by molar-refractivity contribution is 9.10. The number of rotatable bonds is 2. The molecule has 2 aromatic carbocycles. The number of carbonyl (C=O) groups excluding carboxylic acids is 1. The first-order chi connectivity index (χ1) is 10.5. The van der Waals surface area contributed by atoms with Crippen molar-refractivity contribution < 1.29 is 14.6 Å². The van der Waals surface area contributed by atoms with Crippen LogP contribution < -0.4 is 0 Å². The molecule has 110 valence electrons. The summed E-state index contributed by atoms with van der Waals surface area (Å²) in [5.41, 5.74) is 2.52. The predicted molar refractivity (Wildman–Crippen MR) is 87.6 cm³/mol. The van der Waals surface area contributed by atoms with Crippen molar-refractivity contribution in [2.24, 2.45) is 4.99 Å². The third kappa shape index (κ3) is 2.94. The number of aliphatic imine (C=N–C) groups is 1.